The van der Waals surface area contributed by atoms with Crippen molar-refractivity contribution in [2.24, 2.45) is 13.0 Å². The number of amides is 2. The highest BCUT2D eigenvalue weighted by Crippen LogP contribution is 2.33. The minimum absolute atomic E-state index is 0.0514. The summed E-state index contributed by atoms with van der Waals surface area (Å²) in [5.41, 5.74) is 2.92. The lowest BCUT2D eigenvalue weighted by molar-refractivity contribution is -0.153. The van der Waals surface area contributed by atoms with E-state index in [1.165, 1.54) is 4.90 Å². The molecule has 0 radical (unpaired) electrons. The molecule has 1 fully saturated rings. The summed E-state index contributed by atoms with van der Waals surface area (Å²) in [5.74, 6) is -1.01. The van der Waals surface area contributed by atoms with Crippen LogP contribution < -0.4 is 10.1 Å². The number of rotatable bonds is 14. The highest BCUT2D eigenvalue weighted by molar-refractivity contribution is 5.91. The van der Waals surface area contributed by atoms with Crippen LogP contribution >= 0.6 is 0 Å². The number of carbonyl (C=O) groups excluding carboxylic acids is 2. The third-order valence-electron chi connectivity index (χ3n) is 7.57. The number of aliphatic hydroxyl groups excluding tert-OH is 1. The molecule has 1 aliphatic rings. The van der Waals surface area contributed by atoms with Crippen molar-refractivity contribution in [1.82, 2.24) is 25.2 Å². The van der Waals surface area contributed by atoms with Crippen LogP contribution in [0.25, 0.3) is 11.3 Å². The van der Waals surface area contributed by atoms with Crippen molar-refractivity contribution >= 4 is 11.8 Å². The SMILES string of the molecule is CCOC(COc1cc(C(C(=O)N2C[C@H](O)C[C@H]2C(=O)N[C@@H](C)c2ccc(-c3ccnn3C)cc2)C(C)C)on1)OCC. The standard InChI is InChI=1S/C31H43N5O7/c1-7-40-28(41-8-2)18-42-27-16-26(43-34-27)29(19(3)4)31(39)36-17-23(37)15-25(36)30(38)33-20(5)21-9-11-22(12-10-21)24-13-14-32-35(24)6/h9-14,16,19-20,23,25,28-29,37H,7-8,15,17-18H2,1-6H3,(H,33,38)/t20-,23+,25-,29?/m0/s1. The van der Waals surface area contributed by atoms with Crippen molar-refractivity contribution in [3.63, 3.8) is 0 Å². The smallest absolute Gasteiger partial charge is 0.254 e. The van der Waals surface area contributed by atoms with Gasteiger partial charge in [-0.15, -0.1) is 0 Å². The van der Waals surface area contributed by atoms with Gasteiger partial charge >= 0.3 is 0 Å². The zero-order chi connectivity index (χ0) is 31.1. The molecule has 1 unspecified atom stereocenters. The molecule has 12 heteroatoms. The molecular formula is C31H43N5O7. The van der Waals surface area contributed by atoms with Gasteiger partial charge in [0, 0.05) is 45.5 Å². The number of ether oxygens (including phenoxy) is 3. The van der Waals surface area contributed by atoms with Gasteiger partial charge in [-0.2, -0.15) is 5.10 Å². The first-order valence-corrected chi connectivity index (χ1v) is 14.8. The van der Waals surface area contributed by atoms with E-state index in [2.05, 4.69) is 15.6 Å². The molecule has 43 heavy (non-hydrogen) atoms. The quantitative estimate of drug-likeness (QED) is 0.267. The number of likely N-dealkylation sites (tertiary alicyclic amines) is 1. The second-order valence-electron chi connectivity index (χ2n) is 11.0. The Balaban J connectivity index is 1.43. The molecule has 1 aromatic carbocycles. The van der Waals surface area contributed by atoms with Crippen LogP contribution in [0.1, 0.15) is 64.3 Å². The zero-order valence-electron chi connectivity index (χ0n) is 25.7. The lowest BCUT2D eigenvalue weighted by Crippen LogP contribution is -2.48. The van der Waals surface area contributed by atoms with E-state index < -0.39 is 24.4 Å². The van der Waals surface area contributed by atoms with Gasteiger partial charge in [0.2, 0.25) is 11.8 Å². The summed E-state index contributed by atoms with van der Waals surface area (Å²) in [4.78, 5) is 28.8. The van der Waals surface area contributed by atoms with Crippen LogP contribution in [-0.2, 0) is 26.1 Å². The number of aliphatic hydroxyl groups is 1. The van der Waals surface area contributed by atoms with Crippen molar-refractivity contribution in [2.75, 3.05) is 26.4 Å². The molecule has 2 N–H and O–H groups in total. The molecule has 0 bridgehead atoms. The molecule has 3 heterocycles. The van der Waals surface area contributed by atoms with Gasteiger partial charge in [-0.25, -0.2) is 0 Å². The Labute approximate surface area is 252 Å². The molecule has 2 aromatic heterocycles. The molecule has 4 atom stereocenters. The van der Waals surface area contributed by atoms with Crippen LogP contribution in [0.15, 0.2) is 47.1 Å². The Hall–Kier alpha value is -3.74. The molecule has 0 saturated carbocycles. The number of benzene rings is 1. The monoisotopic (exact) mass is 597 g/mol. The van der Waals surface area contributed by atoms with Crippen LogP contribution in [0, 0.1) is 5.92 Å². The van der Waals surface area contributed by atoms with Gasteiger partial charge in [0.25, 0.3) is 5.88 Å². The summed E-state index contributed by atoms with van der Waals surface area (Å²) in [6.45, 7) is 10.5. The first kappa shape index (κ1) is 32.2. The summed E-state index contributed by atoms with van der Waals surface area (Å²) >= 11 is 0. The summed E-state index contributed by atoms with van der Waals surface area (Å²) in [5, 5.41) is 21.7. The van der Waals surface area contributed by atoms with Gasteiger partial charge in [-0.1, -0.05) is 38.1 Å². The number of aromatic nitrogens is 3. The molecule has 0 aliphatic carbocycles. The highest BCUT2D eigenvalue weighted by Gasteiger charge is 2.43. The second kappa shape index (κ2) is 14.6. The van der Waals surface area contributed by atoms with E-state index in [1.807, 2.05) is 72.0 Å². The number of nitrogens with one attached hydrogen (secondary N) is 1. The fourth-order valence-corrected chi connectivity index (χ4v) is 5.37. The maximum Gasteiger partial charge on any atom is 0.254 e. The van der Waals surface area contributed by atoms with E-state index in [0.717, 1.165) is 16.8 Å². The first-order chi connectivity index (χ1) is 20.6. The first-order valence-electron chi connectivity index (χ1n) is 14.8. The average molecular weight is 598 g/mol. The maximum absolute atomic E-state index is 13.9. The zero-order valence-corrected chi connectivity index (χ0v) is 25.7. The van der Waals surface area contributed by atoms with E-state index in [-0.39, 0.29) is 49.2 Å². The normalized spacial score (nSPS) is 18.3. The fourth-order valence-electron chi connectivity index (χ4n) is 5.37. The van der Waals surface area contributed by atoms with Crippen molar-refractivity contribution < 1.29 is 33.4 Å². The van der Waals surface area contributed by atoms with Crippen LogP contribution in [0.4, 0.5) is 0 Å². The molecule has 12 nitrogen and oxygen atoms in total. The van der Waals surface area contributed by atoms with Crippen molar-refractivity contribution in [3.8, 4) is 17.1 Å². The maximum atomic E-state index is 13.9. The van der Waals surface area contributed by atoms with Gasteiger partial charge in [-0.3, -0.25) is 14.3 Å². The summed E-state index contributed by atoms with van der Waals surface area (Å²) in [6, 6.07) is 10.3. The van der Waals surface area contributed by atoms with E-state index in [9.17, 15) is 14.7 Å². The Morgan fingerprint density at radius 1 is 1.12 bits per heavy atom. The molecule has 234 valence electrons. The lowest BCUT2D eigenvalue weighted by Gasteiger charge is -2.29. The molecule has 4 rings (SSSR count). The van der Waals surface area contributed by atoms with Crippen LogP contribution in [-0.4, -0.2) is 81.6 Å². The number of nitrogens with zero attached hydrogens (tertiary/aromatic N) is 4. The second-order valence-corrected chi connectivity index (χ2v) is 11.0. The van der Waals surface area contributed by atoms with E-state index in [1.54, 1.807) is 16.9 Å². The van der Waals surface area contributed by atoms with Crippen molar-refractivity contribution in [3.05, 3.63) is 53.9 Å². The van der Waals surface area contributed by atoms with Gasteiger partial charge in [0.05, 0.1) is 17.8 Å². The number of hydrogen-bond acceptors (Lipinski definition) is 9. The third-order valence-corrected chi connectivity index (χ3v) is 7.57. The van der Waals surface area contributed by atoms with Crippen molar-refractivity contribution in [2.45, 2.75) is 71.4 Å². The molecule has 3 aromatic rings. The van der Waals surface area contributed by atoms with Crippen LogP contribution in [0.3, 0.4) is 0 Å². The minimum atomic E-state index is -0.822. The Morgan fingerprint density at radius 2 is 1.81 bits per heavy atom. The van der Waals surface area contributed by atoms with Gasteiger partial charge in [-0.05, 0) is 49.0 Å². The predicted octanol–water partition coefficient (Wildman–Crippen LogP) is 3.43. The molecule has 1 saturated heterocycles. The summed E-state index contributed by atoms with van der Waals surface area (Å²) in [6.07, 6.45) is 0.527. The summed E-state index contributed by atoms with van der Waals surface area (Å²) in [7, 11) is 1.89. The highest BCUT2D eigenvalue weighted by atomic mass is 16.7. The van der Waals surface area contributed by atoms with E-state index in [0.29, 0.717) is 19.0 Å². The number of carbonyl (C=O) groups is 2. The fraction of sp³-hybridized carbons (Fsp3) is 0.548. The topological polar surface area (TPSA) is 141 Å². The Morgan fingerprint density at radius 3 is 2.42 bits per heavy atom. The number of aryl methyl sites for hydroxylation is 1. The van der Waals surface area contributed by atoms with Crippen LogP contribution in [0.2, 0.25) is 0 Å². The largest absolute Gasteiger partial charge is 0.470 e. The number of hydrogen-bond donors (Lipinski definition) is 2. The van der Waals surface area contributed by atoms with Gasteiger partial charge < -0.3 is 34.1 Å². The predicted molar refractivity (Wildman–Crippen MR) is 158 cm³/mol. The van der Waals surface area contributed by atoms with E-state index >= 15 is 0 Å². The molecule has 0 spiro atoms. The summed E-state index contributed by atoms with van der Waals surface area (Å²) < 4.78 is 24.0. The lowest BCUT2D eigenvalue weighted by atomic mass is 9.91. The van der Waals surface area contributed by atoms with Gasteiger partial charge in [0.15, 0.2) is 12.1 Å². The number of β-amino-alcohol motifs (C(OH)–C–C–N with tert-alkyl or cyclic N) is 1. The van der Waals surface area contributed by atoms with E-state index in [4.69, 9.17) is 18.7 Å². The molecule has 2 amide bonds. The van der Waals surface area contributed by atoms with Crippen LogP contribution in [0.5, 0.6) is 5.88 Å². The molecule has 1 aliphatic heterocycles. The Kier molecular flexibility index (Phi) is 10.9. The van der Waals surface area contributed by atoms with Crippen molar-refractivity contribution in [1.29, 1.82) is 0 Å². The third kappa shape index (κ3) is 7.81. The Bertz CT molecular complexity index is 1330. The minimum Gasteiger partial charge on any atom is -0.470 e. The van der Waals surface area contributed by atoms with Gasteiger partial charge in [0.1, 0.15) is 18.6 Å². The molecular weight excluding hydrogens is 554 g/mol. The average Bonchev–Trinajstić information content (AvgIpc) is 3.72.